The van der Waals surface area contributed by atoms with Crippen molar-refractivity contribution in [3.8, 4) is 28.1 Å². The maximum atomic E-state index is 12.5. The van der Waals surface area contributed by atoms with E-state index in [0.717, 1.165) is 22.4 Å². The minimum Gasteiger partial charge on any atom is -0.481 e. The van der Waals surface area contributed by atoms with Crippen molar-refractivity contribution >= 4 is 34.0 Å². The van der Waals surface area contributed by atoms with Crippen LogP contribution in [0.3, 0.4) is 0 Å². The number of carbonyl (C=O) groups excluding carboxylic acids is 1. The smallest absolute Gasteiger partial charge is 0.266 e. The lowest BCUT2D eigenvalue weighted by molar-refractivity contribution is -0.122. The molecule has 1 N–H and O–H groups in total. The Hall–Kier alpha value is -3.15. The molecule has 6 heteroatoms. The number of anilines is 1. The Morgan fingerprint density at radius 3 is 2.37 bits per heavy atom. The molecule has 4 nitrogen and oxygen atoms in total. The van der Waals surface area contributed by atoms with Gasteiger partial charge in [0, 0.05) is 16.0 Å². The lowest BCUT2D eigenvalue weighted by Gasteiger charge is -2.14. The second kappa shape index (κ2) is 9.11. The van der Waals surface area contributed by atoms with Crippen LogP contribution < -0.4 is 10.1 Å². The van der Waals surface area contributed by atoms with Gasteiger partial charge in [0.05, 0.1) is 5.69 Å². The molecule has 0 saturated heterocycles. The molecule has 1 unspecified atom stereocenters. The van der Waals surface area contributed by atoms with Crippen LogP contribution in [-0.4, -0.2) is 17.0 Å². The number of benzene rings is 3. The molecule has 1 atom stereocenters. The van der Waals surface area contributed by atoms with E-state index in [2.05, 4.69) is 22.4 Å². The highest BCUT2D eigenvalue weighted by molar-refractivity contribution is 7.14. The zero-order chi connectivity index (χ0) is 20.9. The van der Waals surface area contributed by atoms with E-state index >= 15 is 0 Å². The van der Waals surface area contributed by atoms with Gasteiger partial charge in [0.1, 0.15) is 5.75 Å². The molecule has 4 aromatic rings. The summed E-state index contributed by atoms with van der Waals surface area (Å²) >= 11 is 7.57. The van der Waals surface area contributed by atoms with Gasteiger partial charge in [0.15, 0.2) is 11.2 Å². The van der Waals surface area contributed by atoms with Gasteiger partial charge >= 0.3 is 0 Å². The number of nitrogens with one attached hydrogen (secondary N) is 1. The summed E-state index contributed by atoms with van der Waals surface area (Å²) in [6, 6.07) is 25.3. The molecule has 1 aromatic heterocycles. The lowest BCUT2D eigenvalue weighted by Crippen LogP contribution is -2.30. The predicted molar refractivity (Wildman–Crippen MR) is 123 cm³/mol. The quantitative estimate of drug-likeness (QED) is 0.375. The summed E-state index contributed by atoms with van der Waals surface area (Å²) in [5.41, 5.74) is 3.78. The number of halogens is 1. The number of thiazole rings is 1. The number of amides is 1. The van der Waals surface area contributed by atoms with Gasteiger partial charge in [-0.15, -0.1) is 11.3 Å². The largest absolute Gasteiger partial charge is 0.481 e. The molecule has 0 radical (unpaired) electrons. The minimum absolute atomic E-state index is 0.262. The highest BCUT2D eigenvalue weighted by Gasteiger charge is 2.17. The molecule has 0 bridgehead atoms. The Bertz CT molecular complexity index is 1140. The zero-order valence-corrected chi connectivity index (χ0v) is 17.8. The molecule has 1 amide bonds. The monoisotopic (exact) mass is 434 g/mol. The minimum atomic E-state index is -0.666. The Labute approximate surface area is 184 Å². The number of hydrogen-bond acceptors (Lipinski definition) is 4. The molecule has 4 rings (SSSR count). The van der Waals surface area contributed by atoms with Crippen molar-refractivity contribution in [1.29, 1.82) is 0 Å². The van der Waals surface area contributed by atoms with Crippen molar-refractivity contribution in [1.82, 2.24) is 4.98 Å². The van der Waals surface area contributed by atoms with Crippen LogP contribution in [0.2, 0.25) is 5.02 Å². The van der Waals surface area contributed by atoms with E-state index in [-0.39, 0.29) is 5.91 Å². The van der Waals surface area contributed by atoms with E-state index < -0.39 is 6.10 Å². The van der Waals surface area contributed by atoms with Crippen molar-refractivity contribution in [2.24, 2.45) is 0 Å². The van der Waals surface area contributed by atoms with Crippen molar-refractivity contribution in [2.45, 2.75) is 13.0 Å². The first-order valence-corrected chi connectivity index (χ1v) is 10.7. The SMILES string of the molecule is CC(Oc1ccc(-c2ccccc2)cc1)C(=O)Nc1nc(-c2ccccc2Cl)cs1. The van der Waals surface area contributed by atoms with Crippen LogP contribution in [0.1, 0.15) is 6.92 Å². The summed E-state index contributed by atoms with van der Waals surface area (Å²) in [7, 11) is 0. The first kappa shape index (κ1) is 20.1. The van der Waals surface area contributed by atoms with Crippen LogP contribution >= 0.6 is 22.9 Å². The first-order valence-electron chi connectivity index (χ1n) is 9.43. The van der Waals surface area contributed by atoms with Gasteiger partial charge < -0.3 is 4.74 Å². The van der Waals surface area contributed by atoms with Gasteiger partial charge in [-0.3, -0.25) is 10.1 Å². The Kier molecular flexibility index (Phi) is 6.12. The molecule has 0 aliphatic carbocycles. The first-order chi connectivity index (χ1) is 14.6. The molecule has 1 heterocycles. The lowest BCUT2D eigenvalue weighted by atomic mass is 10.1. The number of aromatic nitrogens is 1. The molecule has 30 heavy (non-hydrogen) atoms. The maximum absolute atomic E-state index is 12.5. The summed E-state index contributed by atoms with van der Waals surface area (Å²) in [5, 5.41) is 5.80. The van der Waals surface area contributed by atoms with Crippen molar-refractivity contribution < 1.29 is 9.53 Å². The van der Waals surface area contributed by atoms with E-state index in [9.17, 15) is 4.79 Å². The fourth-order valence-corrected chi connectivity index (χ4v) is 3.89. The van der Waals surface area contributed by atoms with Crippen molar-refractivity contribution in [3.05, 3.63) is 89.3 Å². The van der Waals surface area contributed by atoms with Gasteiger partial charge in [0.25, 0.3) is 5.91 Å². The third-order valence-corrected chi connectivity index (χ3v) is 5.61. The maximum Gasteiger partial charge on any atom is 0.266 e. The fraction of sp³-hybridized carbons (Fsp3) is 0.0833. The average Bonchev–Trinajstić information content (AvgIpc) is 3.23. The third kappa shape index (κ3) is 4.70. The fourth-order valence-electron chi connectivity index (χ4n) is 2.95. The van der Waals surface area contributed by atoms with Crippen LogP contribution in [-0.2, 0) is 4.79 Å². The molecule has 0 spiro atoms. The van der Waals surface area contributed by atoms with Gasteiger partial charge in [-0.1, -0.05) is 72.3 Å². The van der Waals surface area contributed by atoms with Crippen LogP contribution in [0, 0.1) is 0 Å². The average molecular weight is 435 g/mol. The Balaban J connectivity index is 1.38. The molecule has 0 aliphatic heterocycles. The molecule has 150 valence electrons. The Morgan fingerprint density at radius 1 is 0.967 bits per heavy atom. The Morgan fingerprint density at radius 2 is 1.63 bits per heavy atom. The van der Waals surface area contributed by atoms with E-state index in [1.165, 1.54) is 11.3 Å². The predicted octanol–water partition coefficient (Wildman–Crippen LogP) is 6.54. The summed E-state index contributed by atoms with van der Waals surface area (Å²) in [4.78, 5) is 17.0. The summed E-state index contributed by atoms with van der Waals surface area (Å²) in [6.07, 6.45) is -0.666. The second-order valence-electron chi connectivity index (χ2n) is 6.66. The molecular formula is C24H19ClN2O2S. The summed E-state index contributed by atoms with van der Waals surface area (Å²) < 4.78 is 5.79. The van der Waals surface area contributed by atoms with Gasteiger partial charge in [-0.25, -0.2) is 4.98 Å². The second-order valence-corrected chi connectivity index (χ2v) is 7.92. The standard InChI is InChI=1S/C24H19ClN2O2S/c1-16(29-19-13-11-18(12-14-19)17-7-3-2-4-8-17)23(28)27-24-26-22(15-30-24)20-9-5-6-10-21(20)25/h2-16H,1H3,(H,26,27,28). The van der Waals surface area contributed by atoms with Gasteiger partial charge in [-0.2, -0.15) is 0 Å². The van der Waals surface area contributed by atoms with E-state index in [1.807, 2.05) is 72.1 Å². The molecule has 3 aromatic carbocycles. The van der Waals surface area contributed by atoms with Gasteiger partial charge in [0.2, 0.25) is 0 Å². The van der Waals surface area contributed by atoms with Crippen LogP contribution in [0.15, 0.2) is 84.2 Å². The zero-order valence-electron chi connectivity index (χ0n) is 16.2. The van der Waals surface area contributed by atoms with Gasteiger partial charge in [-0.05, 0) is 36.2 Å². The molecule has 0 fully saturated rings. The number of carbonyl (C=O) groups is 1. The van der Waals surface area contributed by atoms with Crippen LogP contribution in [0.25, 0.3) is 22.4 Å². The molecule has 0 saturated carbocycles. The molecular weight excluding hydrogens is 416 g/mol. The third-order valence-electron chi connectivity index (χ3n) is 4.53. The van der Waals surface area contributed by atoms with Crippen molar-refractivity contribution in [3.63, 3.8) is 0 Å². The summed E-state index contributed by atoms with van der Waals surface area (Å²) in [5.74, 6) is 0.371. The van der Waals surface area contributed by atoms with E-state index in [0.29, 0.717) is 15.9 Å². The number of nitrogens with zero attached hydrogens (tertiary/aromatic N) is 1. The summed E-state index contributed by atoms with van der Waals surface area (Å²) in [6.45, 7) is 1.71. The number of hydrogen-bond donors (Lipinski definition) is 1. The molecule has 0 aliphatic rings. The highest BCUT2D eigenvalue weighted by atomic mass is 35.5. The van der Waals surface area contributed by atoms with Crippen LogP contribution in [0.4, 0.5) is 5.13 Å². The van der Waals surface area contributed by atoms with E-state index in [4.69, 9.17) is 16.3 Å². The number of ether oxygens (including phenoxy) is 1. The van der Waals surface area contributed by atoms with Crippen molar-refractivity contribution in [2.75, 3.05) is 5.32 Å². The van der Waals surface area contributed by atoms with E-state index in [1.54, 1.807) is 6.92 Å². The highest BCUT2D eigenvalue weighted by Crippen LogP contribution is 2.30. The number of rotatable bonds is 6. The van der Waals surface area contributed by atoms with Crippen LogP contribution in [0.5, 0.6) is 5.75 Å². The normalized spacial score (nSPS) is 11.7. The topological polar surface area (TPSA) is 51.2 Å².